The minimum absolute atomic E-state index is 0.0261. The Bertz CT molecular complexity index is 668. The predicted octanol–water partition coefficient (Wildman–Crippen LogP) is 2.17. The van der Waals surface area contributed by atoms with Crippen molar-refractivity contribution in [3.8, 4) is 0 Å². The zero-order valence-electron chi connectivity index (χ0n) is 12.5. The van der Waals surface area contributed by atoms with Crippen LogP contribution in [-0.4, -0.2) is 39.5 Å². The smallest absolute Gasteiger partial charge is 0.391 e. The molecule has 1 aliphatic heterocycles. The van der Waals surface area contributed by atoms with Crippen molar-refractivity contribution in [1.82, 2.24) is 15.2 Å². The first-order valence-corrected chi connectivity index (χ1v) is 7.30. The van der Waals surface area contributed by atoms with E-state index in [-0.39, 0.29) is 5.92 Å². The third-order valence-corrected chi connectivity index (χ3v) is 4.04. The molecule has 8 heteroatoms. The Morgan fingerprint density at radius 1 is 1.35 bits per heavy atom. The van der Waals surface area contributed by atoms with Crippen LogP contribution in [0, 0.1) is 12.8 Å². The third kappa shape index (κ3) is 3.47. The number of aromatic nitrogens is 3. The maximum absolute atomic E-state index is 12.6. The average Bonchev–Trinajstić information content (AvgIpc) is 3.05. The molecule has 2 aromatic rings. The Kier molecular flexibility index (Phi) is 4.01. The van der Waals surface area contributed by atoms with E-state index in [4.69, 9.17) is 0 Å². The van der Waals surface area contributed by atoms with Crippen LogP contribution in [0.4, 0.5) is 19.0 Å². The highest BCUT2D eigenvalue weighted by molar-refractivity contribution is 5.41. The number of hydrogen-bond donors (Lipinski definition) is 2. The number of hydrogen-bond acceptors (Lipinski definition) is 4. The number of H-pyrrole nitrogens is 1. The van der Waals surface area contributed by atoms with E-state index in [1.54, 1.807) is 4.90 Å². The minimum atomic E-state index is -4.39. The van der Waals surface area contributed by atoms with Crippen molar-refractivity contribution in [3.63, 3.8) is 0 Å². The van der Waals surface area contributed by atoms with Gasteiger partial charge in [0.2, 0.25) is 0 Å². The van der Waals surface area contributed by atoms with Crippen LogP contribution in [-0.2, 0) is 12.6 Å². The fraction of sp³-hybridized carbons (Fsp3) is 0.467. The molecule has 0 spiro atoms. The number of rotatable bonds is 3. The summed E-state index contributed by atoms with van der Waals surface area (Å²) in [4.78, 5) is 5.68. The van der Waals surface area contributed by atoms with Crippen LogP contribution in [0.25, 0.3) is 0 Å². The van der Waals surface area contributed by atoms with E-state index in [1.165, 1.54) is 6.07 Å². The van der Waals surface area contributed by atoms with Gasteiger partial charge in [-0.1, -0.05) is 0 Å². The van der Waals surface area contributed by atoms with Gasteiger partial charge in [0.05, 0.1) is 17.4 Å². The number of nitrogens with one attached hydrogen (secondary N) is 1. The largest absolute Gasteiger partial charge is 0.417 e. The lowest BCUT2D eigenvalue weighted by atomic mass is 10.0. The Balaban J connectivity index is 1.68. The number of halogens is 3. The van der Waals surface area contributed by atoms with Crippen molar-refractivity contribution in [2.45, 2.75) is 25.6 Å². The maximum Gasteiger partial charge on any atom is 0.417 e. The molecule has 0 aliphatic carbocycles. The number of alkyl halides is 3. The highest BCUT2D eigenvalue weighted by atomic mass is 19.4. The SMILES string of the molecule is Cc1cc(C[C@@H]2CN(c3ccc(C(F)(F)F)cn3)C[C@H]2O)n[nH]1. The highest BCUT2D eigenvalue weighted by Gasteiger charge is 2.34. The van der Waals surface area contributed by atoms with Crippen molar-refractivity contribution in [2.24, 2.45) is 5.92 Å². The number of β-amino-alcohol motifs (C(OH)–C–C–N with tert-alkyl or cyclic N) is 1. The molecule has 2 aromatic heterocycles. The van der Waals surface area contributed by atoms with Gasteiger partial charge < -0.3 is 10.0 Å². The number of nitrogens with zero attached hydrogens (tertiary/aromatic N) is 3. The summed E-state index contributed by atoms with van der Waals surface area (Å²) in [5, 5.41) is 17.2. The molecule has 2 atom stereocenters. The Hall–Kier alpha value is -2.09. The van der Waals surface area contributed by atoms with Gasteiger partial charge in [0.25, 0.3) is 0 Å². The van der Waals surface area contributed by atoms with Gasteiger partial charge in [0.15, 0.2) is 0 Å². The fourth-order valence-electron chi connectivity index (χ4n) is 2.83. The van der Waals surface area contributed by atoms with Gasteiger partial charge in [0, 0.05) is 30.9 Å². The molecule has 3 heterocycles. The Morgan fingerprint density at radius 3 is 2.70 bits per heavy atom. The van der Waals surface area contributed by atoms with Crippen LogP contribution < -0.4 is 4.90 Å². The number of pyridine rings is 1. The zero-order valence-corrected chi connectivity index (χ0v) is 12.5. The molecule has 23 heavy (non-hydrogen) atoms. The van der Waals surface area contributed by atoms with Crippen LogP contribution >= 0.6 is 0 Å². The summed E-state index contributed by atoms with van der Waals surface area (Å²) in [6, 6.07) is 4.28. The zero-order chi connectivity index (χ0) is 16.6. The molecular formula is C15H17F3N4O. The summed E-state index contributed by atoms with van der Waals surface area (Å²) in [7, 11) is 0. The first kappa shape index (κ1) is 15.8. The predicted molar refractivity (Wildman–Crippen MR) is 78.0 cm³/mol. The molecule has 0 aromatic carbocycles. The fourth-order valence-corrected chi connectivity index (χ4v) is 2.83. The lowest BCUT2D eigenvalue weighted by molar-refractivity contribution is -0.137. The van der Waals surface area contributed by atoms with Gasteiger partial charge >= 0.3 is 6.18 Å². The third-order valence-electron chi connectivity index (χ3n) is 4.04. The van der Waals surface area contributed by atoms with Gasteiger partial charge in [-0.3, -0.25) is 5.10 Å². The molecule has 1 aliphatic rings. The van der Waals surface area contributed by atoms with E-state index in [1.807, 2.05) is 13.0 Å². The molecule has 3 rings (SSSR count). The Morgan fingerprint density at radius 2 is 2.13 bits per heavy atom. The molecule has 0 unspecified atom stereocenters. The van der Waals surface area contributed by atoms with E-state index in [9.17, 15) is 18.3 Å². The standard InChI is InChI=1S/C15H17F3N4O/c1-9-4-12(21-20-9)5-10-7-22(8-13(10)23)14-3-2-11(6-19-14)15(16,17)18/h2-4,6,10,13,23H,5,7-8H2,1H3,(H,20,21)/t10-,13-/m1/s1. The summed E-state index contributed by atoms with van der Waals surface area (Å²) in [6.45, 7) is 2.79. The molecule has 5 nitrogen and oxygen atoms in total. The van der Waals surface area contributed by atoms with Gasteiger partial charge in [-0.15, -0.1) is 0 Å². The lowest BCUT2D eigenvalue weighted by Gasteiger charge is -2.17. The second-order valence-electron chi connectivity index (χ2n) is 5.88. The van der Waals surface area contributed by atoms with Crippen molar-refractivity contribution in [3.05, 3.63) is 41.3 Å². The number of aromatic amines is 1. The molecular weight excluding hydrogens is 309 g/mol. The van der Waals surface area contributed by atoms with Crippen LogP contribution in [0.2, 0.25) is 0 Å². The molecule has 0 bridgehead atoms. The van der Waals surface area contributed by atoms with Crippen LogP contribution in [0.1, 0.15) is 17.0 Å². The van der Waals surface area contributed by atoms with Crippen molar-refractivity contribution in [1.29, 1.82) is 0 Å². The quantitative estimate of drug-likeness (QED) is 0.907. The van der Waals surface area contributed by atoms with E-state index in [2.05, 4.69) is 15.2 Å². The topological polar surface area (TPSA) is 65.0 Å². The highest BCUT2D eigenvalue weighted by Crippen LogP contribution is 2.30. The summed E-state index contributed by atoms with van der Waals surface area (Å²) in [5.74, 6) is 0.416. The summed E-state index contributed by atoms with van der Waals surface area (Å²) < 4.78 is 37.7. The lowest BCUT2D eigenvalue weighted by Crippen LogP contribution is -2.22. The van der Waals surface area contributed by atoms with E-state index < -0.39 is 17.8 Å². The average molecular weight is 326 g/mol. The molecule has 2 N–H and O–H groups in total. The normalized spacial score (nSPS) is 21.9. The molecule has 0 radical (unpaired) electrons. The monoisotopic (exact) mass is 326 g/mol. The van der Waals surface area contributed by atoms with Crippen molar-refractivity contribution < 1.29 is 18.3 Å². The van der Waals surface area contributed by atoms with Crippen molar-refractivity contribution in [2.75, 3.05) is 18.0 Å². The summed E-state index contributed by atoms with van der Waals surface area (Å²) >= 11 is 0. The molecule has 0 amide bonds. The molecule has 1 saturated heterocycles. The molecule has 0 saturated carbocycles. The van der Waals surface area contributed by atoms with Crippen LogP contribution in [0.3, 0.4) is 0 Å². The van der Waals surface area contributed by atoms with Gasteiger partial charge in [-0.2, -0.15) is 18.3 Å². The van der Waals surface area contributed by atoms with Crippen LogP contribution in [0.5, 0.6) is 0 Å². The van der Waals surface area contributed by atoms with E-state index in [0.29, 0.717) is 25.3 Å². The first-order chi connectivity index (χ1) is 10.8. The van der Waals surface area contributed by atoms with E-state index >= 15 is 0 Å². The first-order valence-electron chi connectivity index (χ1n) is 7.30. The van der Waals surface area contributed by atoms with Crippen LogP contribution in [0.15, 0.2) is 24.4 Å². The number of aliphatic hydroxyl groups is 1. The Labute approximate surface area is 131 Å². The van der Waals surface area contributed by atoms with Crippen molar-refractivity contribution >= 4 is 5.82 Å². The summed E-state index contributed by atoms with van der Waals surface area (Å²) in [5.41, 5.74) is 1.05. The van der Waals surface area contributed by atoms with E-state index in [0.717, 1.165) is 23.7 Å². The molecule has 1 fully saturated rings. The number of anilines is 1. The number of aryl methyl sites for hydroxylation is 1. The maximum atomic E-state index is 12.6. The second-order valence-corrected chi connectivity index (χ2v) is 5.88. The van der Waals surface area contributed by atoms with Gasteiger partial charge in [-0.25, -0.2) is 4.98 Å². The van der Waals surface area contributed by atoms with Gasteiger partial charge in [0.1, 0.15) is 5.82 Å². The minimum Gasteiger partial charge on any atom is -0.391 e. The second kappa shape index (κ2) is 5.84. The number of aliphatic hydroxyl groups excluding tert-OH is 1. The van der Waals surface area contributed by atoms with Gasteiger partial charge in [-0.05, 0) is 31.5 Å². The summed E-state index contributed by atoms with van der Waals surface area (Å²) in [6.07, 6.45) is -3.51. The molecule has 124 valence electrons.